The third-order valence-electron chi connectivity index (χ3n) is 3.42. The van der Waals surface area contributed by atoms with Gasteiger partial charge in [-0.05, 0) is 25.3 Å². The molecule has 1 saturated heterocycles. The number of aldehydes is 1. The number of aliphatic hydroxyl groups excluding tert-OH is 1. The van der Waals surface area contributed by atoms with Gasteiger partial charge in [-0.1, -0.05) is 30.3 Å². The fourth-order valence-corrected chi connectivity index (χ4v) is 2.22. The number of carboxylic acid groups (broad SMARTS) is 1. The van der Waals surface area contributed by atoms with Crippen LogP contribution in [0.25, 0.3) is 0 Å². The van der Waals surface area contributed by atoms with Gasteiger partial charge in [0.1, 0.15) is 6.04 Å². The molecule has 0 bridgehead atoms. The predicted molar refractivity (Wildman–Crippen MR) is 97.7 cm³/mol. The molecule has 0 saturated carbocycles. The summed E-state index contributed by atoms with van der Waals surface area (Å²) in [6.45, 7) is 3.50. The van der Waals surface area contributed by atoms with Gasteiger partial charge in [0.15, 0.2) is 0 Å². The van der Waals surface area contributed by atoms with Crippen LogP contribution in [-0.2, 0) is 30.6 Å². The first-order valence-electron chi connectivity index (χ1n) is 8.50. The minimum Gasteiger partial charge on any atom is -0.476 e. The van der Waals surface area contributed by atoms with Crippen molar-refractivity contribution in [3.05, 3.63) is 35.9 Å². The maximum absolute atomic E-state index is 11.6. The maximum atomic E-state index is 11.6. The summed E-state index contributed by atoms with van der Waals surface area (Å²) in [6.07, 6.45) is 1.50. The van der Waals surface area contributed by atoms with Crippen molar-refractivity contribution in [1.29, 1.82) is 0 Å². The second-order valence-corrected chi connectivity index (χ2v) is 5.34. The molecule has 1 unspecified atom stereocenters. The summed E-state index contributed by atoms with van der Waals surface area (Å²) in [5.41, 5.74) is 4.18. The van der Waals surface area contributed by atoms with E-state index in [1.165, 1.54) is 0 Å². The molecule has 2 rings (SSSR count). The quantitative estimate of drug-likeness (QED) is 0.226. The molecule has 2 atom stereocenters. The zero-order chi connectivity index (χ0) is 20.5. The monoisotopic (exact) mass is 384 g/mol. The molecule has 1 aromatic carbocycles. The van der Waals surface area contributed by atoms with Crippen molar-refractivity contribution in [3.8, 4) is 0 Å². The number of esters is 1. The number of hydrogen-bond acceptors (Lipinski definition) is 8. The van der Waals surface area contributed by atoms with Crippen LogP contribution in [0.3, 0.4) is 0 Å². The number of carboxylic acids is 1. The SMILES string of the molecule is CCOC(=O)[C@@H]1CCC(NOCc2ccccc2)CN1.CO.O=CC(=O)O. The summed E-state index contributed by atoms with van der Waals surface area (Å²) in [6, 6.07) is 10.1. The maximum Gasteiger partial charge on any atom is 0.368 e. The van der Waals surface area contributed by atoms with Gasteiger partial charge in [0.2, 0.25) is 6.29 Å². The number of ether oxygens (including phenoxy) is 1. The molecule has 4 N–H and O–H groups in total. The molecule has 1 aliphatic rings. The molecule has 0 radical (unpaired) electrons. The first kappa shape index (κ1) is 24.7. The fourth-order valence-electron chi connectivity index (χ4n) is 2.22. The van der Waals surface area contributed by atoms with Crippen LogP contribution in [0, 0.1) is 0 Å². The number of hydrogen-bond donors (Lipinski definition) is 4. The van der Waals surface area contributed by atoms with E-state index in [4.69, 9.17) is 29.4 Å². The number of nitrogens with one attached hydrogen (secondary N) is 2. The van der Waals surface area contributed by atoms with Gasteiger partial charge in [0.25, 0.3) is 0 Å². The van der Waals surface area contributed by atoms with E-state index in [0.29, 0.717) is 19.8 Å². The van der Waals surface area contributed by atoms with Crippen LogP contribution < -0.4 is 10.8 Å². The van der Waals surface area contributed by atoms with Crippen molar-refractivity contribution in [1.82, 2.24) is 10.8 Å². The van der Waals surface area contributed by atoms with Crippen molar-refractivity contribution >= 4 is 18.2 Å². The zero-order valence-corrected chi connectivity index (χ0v) is 15.6. The summed E-state index contributed by atoms with van der Waals surface area (Å²) >= 11 is 0. The number of benzene rings is 1. The van der Waals surface area contributed by atoms with E-state index >= 15 is 0 Å². The molecule has 1 aromatic rings. The highest BCUT2D eigenvalue weighted by Gasteiger charge is 2.26. The van der Waals surface area contributed by atoms with Gasteiger partial charge in [0, 0.05) is 19.7 Å². The van der Waals surface area contributed by atoms with Crippen LogP contribution in [0.1, 0.15) is 25.3 Å². The summed E-state index contributed by atoms with van der Waals surface area (Å²) in [4.78, 5) is 35.0. The largest absolute Gasteiger partial charge is 0.476 e. The van der Waals surface area contributed by atoms with Crippen molar-refractivity contribution in [2.24, 2.45) is 0 Å². The summed E-state index contributed by atoms with van der Waals surface area (Å²) < 4.78 is 5.00. The van der Waals surface area contributed by atoms with Gasteiger partial charge in [-0.2, -0.15) is 5.48 Å². The second kappa shape index (κ2) is 15.9. The number of carbonyl (C=O) groups is 3. The number of piperidine rings is 1. The molecule has 0 aliphatic carbocycles. The van der Waals surface area contributed by atoms with Gasteiger partial charge >= 0.3 is 11.9 Å². The lowest BCUT2D eigenvalue weighted by atomic mass is 10.0. The molecular weight excluding hydrogens is 356 g/mol. The number of aliphatic carboxylic acids is 1. The molecular formula is C18H28N2O7. The second-order valence-electron chi connectivity index (χ2n) is 5.34. The first-order valence-corrected chi connectivity index (χ1v) is 8.50. The highest BCUT2D eigenvalue weighted by molar-refractivity contribution is 6.19. The van der Waals surface area contributed by atoms with E-state index in [2.05, 4.69) is 10.8 Å². The molecule has 0 aromatic heterocycles. The van der Waals surface area contributed by atoms with Crippen molar-refractivity contribution in [3.63, 3.8) is 0 Å². The minimum absolute atomic E-state index is 0.156. The highest BCUT2D eigenvalue weighted by atomic mass is 16.6. The highest BCUT2D eigenvalue weighted by Crippen LogP contribution is 2.10. The average Bonchev–Trinajstić information content (AvgIpc) is 2.71. The third-order valence-corrected chi connectivity index (χ3v) is 3.42. The lowest BCUT2D eigenvalue weighted by Crippen LogP contribution is -2.51. The van der Waals surface area contributed by atoms with Crippen molar-refractivity contribution < 1.29 is 34.2 Å². The summed E-state index contributed by atoms with van der Waals surface area (Å²) in [5.74, 6) is -1.58. The van der Waals surface area contributed by atoms with Crippen LogP contribution in [0.2, 0.25) is 0 Å². The normalized spacial score (nSPS) is 18.0. The van der Waals surface area contributed by atoms with Gasteiger partial charge < -0.3 is 20.3 Å². The Labute approximate surface area is 158 Å². The van der Waals surface area contributed by atoms with Crippen molar-refractivity contribution in [2.75, 3.05) is 20.3 Å². The van der Waals surface area contributed by atoms with Crippen LogP contribution in [0.15, 0.2) is 30.3 Å². The Morgan fingerprint density at radius 2 is 1.89 bits per heavy atom. The van der Waals surface area contributed by atoms with E-state index in [-0.39, 0.29) is 24.3 Å². The molecule has 0 amide bonds. The lowest BCUT2D eigenvalue weighted by Gasteiger charge is -2.28. The fraction of sp³-hybridized carbons (Fsp3) is 0.500. The van der Waals surface area contributed by atoms with E-state index in [9.17, 15) is 4.79 Å². The Morgan fingerprint density at radius 3 is 2.37 bits per heavy atom. The van der Waals surface area contributed by atoms with E-state index < -0.39 is 5.97 Å². The van der Waals surface area contributed by atoms with E-state index in [1.807, 2.05) is 37.3 Å². The standard InChI is InChI=1S/C15H22N2O3.C2H2O3.CH4O/c1-2-19-15(18)14-9-8-13(10-16-14)17-20-11-12-6-4-3-5-7-12;3-1-2(4)5;1-2/h3-7,13-14,16-17H,2,8-11H2,1H3;1H,(H,4,5);2H,1H3/t13?,14-;;/m0../s1. The minimum atomic E-state index is -1.43. The number of aliphatic hydroxyl groups is 1. The van der Waals surface area contributed by atoms with Crippen LogP contribution in [0.4, 0.5) is 0 Å². The van der Waals surface area contributed by atoms with Crippen LogP contribution in [-0.4, -0.2) is 60.8 Å². The average molecular weight is 384 g/mol. The summed E-state index contributed by atoms with van der Waals surface area (Å²) in [7, 11) is 1.00. The molecule has 1 aliphatic heterocycles. The van der Waals surface area contributed by atoms with Crippen molar-refractivity contribution in [2.45, 2.75) is 38.5 Å². The molecule has 1 heterocycles. The van der Waals surface area contributed by atoms with Gasteiger partial charge in [-0.25, -0.2) is 4.79 Å². The molecule has 27 heavy (non-hydrogen) atoms. The smallest absolute Gasteiger partial charge is 0.368 e. The van der Waals surface area contributed by atoms with Crippen LogP contribution in [0.5, 0.6) is 0 Å². The molecule has 0 spiro atoms. The Hall–Kier alpha value is -2.33. The molecule has 152 valence electrons. The van der Waals surface area contributed by atoms with E-state index in [0.717, 1.165) is 25.5 Å². The first-order chi connectivity index (χ1) is 13.1. The molecule has 9 heteroatoms. The molecule has 9 nitrogen and oxygen atoms in total. The Bertz CT molecular complexity index is 532. The Kier molecular flexibility index (Phi) is 14.5. The van der Waals surface area contributed by atoms with Gasteiger partial charge in [-0.15, -0.1) is 0 Å². The number of carbonyl (C=O) groups excluding carboxylic acids is 2. The van der Waals surface area contributed by atoms with Gasteiger partial charge in [0.05, 0.1) is 13.2 Å². The third kappa shape index (κ3) is 11.8. The Morgan fingerprint density at radius 1 is 1.26 bits per heavy atom. The zero-order valence-electron chi connectivity index (χ0n) is 15.6. The molecule has 1 fully saturated rings. The lowest BCUT2D eigenvalue weighted by molar-refractivity contribution is -0.146. The van der Waals surface area contributed by atoms with Gasteiger partial charge in [-0.3, -0.25) is 14.4 Å². The van der Waals surface area contributed by atoms with Crippen LogP contribution >= 0.6 is 0 Å². The number of hydroxylamine groups is 1. The Balaban J connectivity index is 0.000000838. The predicted octanol–water partition coefficient (Wildman–Crippen LogP) is 0.270. The van der Waals surface area contributed by atoms with E-state index in [1.54, 1.807) is 0 Å². The summed E-state index contributed by atoms with van der Waals surface area (Å²) in [5, 5.41) is 17.5. The topological polar surface area (TPSA) is 134 Å². The number of rotatable bonds is 7.